The highest BCUT2D eigenvalue weighted by molar-refractivity contribution is 6.03. The SMILES string of the molecule is CCOC(C)OCCNC(=O)CCCc1ccc2c(c1)C(COC(=O)NC)c1cccc(C(=O)NCCOC(C)C)c1-2. The Labute approximate surface area is 248 Å². The van der Waals surface area contributed by atoms with Gasteiger partial charge in [-0.2, -0.15) is 0 Å². The van der Waals surface area contributed by atoms with E-state index < -0.39 is 6.09 Å². The number of fused-ring (bicyclic) bond motifs is 3. The van der Waals surface area contributed by atoms with Gasteiger partial charge in [-0.05, 0) is 74.4 Å². The van der Waals surface area contributed by atoms with Crippen LogP contribution in [0.25, 0.3) is 11.1 Å². The number of benzene rings is 2. The third kappa shape index (κ3) is 9.54. The highest BCUT2D eigenvalue weighted by Crippen LogP contribution is 2.47. The van der Waals surface area contributed by atoms with Crippen LogP contribution >= 0.6 is 0 Å². The molecule has 0 aromatic heterocycles. The fourth-order valence-electron chi connectivity index (χ4n) is 5.01. The van der Waals surface area contributed by atoms with Crippen molar-refractivity contribution in [2.45, 2.75) is 65.3 Å². The Hall–Kier alpha value is -3.47. The molecule has 0 fully saturated rings. The van der Waals surface area contributed by atoms with Gasteiger partial charge in [-0.1, -0.05) is 30.3 Å². The molecule has 3 rings (SSSR count). The van der Waals surface area contributed by atoms with Crippen molar-refractivity contribution >= 4 is 17.9 Å². The highest BCUT2D eigenvalue weighted by atomic mass is 16.7. The van der Waals surface area contributed by atoms with E-state index in [2.05, 4.69) is 22.0 Å². The molecule has 3 amide bonds. The molecular formula is C32H45N3O7. The van der Waals surface area contributed by atoms with Crippen molar-refractivity contribution in [3.8, 4) is 11.1 Å². The van der Waals surface area contributed by atoms with Crippen LogP contribution in [0.5, 0.6) is 0 Å². The summed E-state index contributed by atoms with van der Waals surface area (Å²) in [6.07, 6.45) is 1.07. The Kier molecular flexibility index (Phi) is 13.2. The van der Waals surface area contributed by atoms with Gasteiger partial charge in [0.25, 0.3) is 5.91 Å². The molecule has 2 aromatic carbocycles. The van der Waals surface area contributed by atoms with Crippen LogP contribution in [-0.4, -0.2) is 76.9 Å². The number of alkyl carbamates (subject to hydrolysis) is 1. The molecule has 10 nitrogen and oxygen atoms in total. The Balaban J connectivity index is 1.68. The van der Waals surface area contributed by atoms with Crippen molar-refractivity contribution in [2.75, 3.05) is 46.6 Å². The van der Waals surface area contributed by atoms with E-state index in [0.717, 1.165) is 27.8 Å². The Morgan fingerprint density at radius 1 is 0.929 bits per heavy atom. The molecule has 0 spiro atoms. The number of amides is 3. The summed E-state index contributed by atoms with van der Waals surface area (Å²) in [5.74, 6) is -0.417. The molecule has 0 saturated heterocycles. The lowest BCUT2D eigenvalue weighted by Crippen LogP contribution is -2.28. The van der Waals surface area contributed by atoms with Crippen LogP contribution in [0.2, 0.25) is 0 Å². The van der Waals surface area contributed by atoms with E-state index in [0.29, 0.717) is 57.7 Å². The van der Waals surface area contributed by atoms with Crippen LogP contribution in [0.1, 0.15) is 73.5 Å². The molecule has 230 valence electrons. The Morgan fingerprint density at radius 2 is 1.69 bits per heavy atom. The van der Waals surface area contributed by atoms with Crippen LogP contribution in [0.4, 0.5) is 4.79 Å². The van der Waals surface area contributed by atoms with Crippen LogP contribution in [-0.2, 0) is 30.2 Å². The van der Waals surface area contributed by atoms with Gasteiger partial charge < -0.3 is 34.9 Å². The fourth-order valence-corrected chi connectivity index (χ4v) is 5.01. The van der Waals surface area contributed by atoms with Crippen LogP contribution in [0.3, 0.4) is 0 Å². The van der Waals surface area contributed by atoms with Gasteiger partial charge in [-0.25, -0.2) is 4.79 Å². The van der Waals surface area contributed by atoms with E-state index in [4.69, 9.17) is 18.9 Å². The van der Waals surface area contributed by atoms with Crippen molar-refractivity contribution < 1.29 is 33.3 Å². The fraction of sp³-hybridized carbons (Fsp3) is 0.531. The lowest BCUT2D eigenvalue weighted by atomic mass is 9.95. The smallest absolute Gasteiger partial charge is 0.406 e. The summed E-state index contributed by atoms with van der Waals surface area (Å²) < 4.78 is 21.8. The van der Waals surface area contributed by atoms with Crippen molar-refractivity contribution in [3.05, 3.63) is 58.7 Å². The third-order valence-electron chi connectivity index (χ3n) is 6.95. The lowest BCUT2D eigenvalue weighted by molar-refractivity contribution is -0.130. The van der Waals surface area contributed by atoms with Gasteiger partial charge in [0.05, 0.1) is 19.3 Å². The van der Waals surface area contributed by atoms with Crippen molar-refractivity contribution in [3.63, 3.8) is 0 Å². The standard InChI is InChI=1S/C32H45N3O7/c1-6-39-22(4)41-18-15-34-29(36)12-7-9-23-13-14-25-27(19-23)28(20-42-32(38)33-5)24-10-8-11-26(30(24)25)31(37)35-16-17-40-21(2)3/h8,10-11,13-14,19,21-22,28H,6-7,9,12,15-18,20H2,1-5H3,(H,33,38)(H,34,36)(H,35,37). The first-order valence-electron chi connectivity index (χ1n) is 14.7. The summed E-state index contributed by atoms with van der Waals surface area (Å²) in [5.41, 5.74) is 5.39. The molecule has 0 aliphatic heterocycles. The zero-order chi connectivity index (χ0) is 30.5. The monoisotopic (exact) mass is 583 g/mol. The third-order valence-corrected chi connectivity index (χ3v) is 6.95. The molecule has 10 heteroatoms. The number of nitrogens with one attached hydrogen (secondary N) is 3. The maximum absolute atomic E-state index is 13.2. The molecule has 2 atom stereocenters. The first kappa shape index (κ1) is 33.0. The minimum absolute atomic E-state index is 0.0254. The summed E-state index contributed by atoms with van der Waals surface area (Å²) in [6, 6.07) is 11.8. The molecule has 1 aliphatic carbocycles. The van der Waals surface area contributed by atoms with Crippen LogP contribution in [0.15, 0.2) is 36.4 Å². The zero-order valence-corrected chi connectivity index (χ0v) is 25.4. The molecule has 0 heterocycles. The quantitative estimate of drug-likeness (QED) is 0.189. The van der Waals surface area contributed by atoms with E-state index in [1.165, 1.54) is 7.05 Å². The molecule has 0 saturated carbocycles. The maximum Gasteiger partial charge on any atom is 0.406 e. The van der Waals surface area contributed by atoms with E-state index in [1.807, 2.05) is 58.0 Å². The zero-order valence-electron chi connectivity index (χ0n) is 25.4. The summed E-state index contributed by atoms with van der Waals surface area (Å²) in [7, 11) is 1.52. The second-order valence-corrected chi connectivity index (χ2v) is 10.4. The largest absolute Gasteiger partial charge is 0.449 e. The molecule has 0 radical (unpaired) electrons. The van der Waals surface area contributed by atoms with Crippen molar-refractivity contribution in [1.29, 1.82) is 0 Å². The number of hydrogen-bond donors (Lipinski definition) is 3. The number of carbonyl (C=O) groups is 3. The molecular weight excluding hydrogens is 538 g/mol. The second kappa shape index (κ2) is 16.8. The minimum Gasteiger partial charge on any atom is -0.449 e. The predicted octanol–water partition coefficient (Wildman–Crippen LogP) is 4.15. The number of hydrogen-bond acceptors (Lipinski definition) is 7. The van der Waals surface area contributed by atoms with Crippen LogP contribution < -0.4 is 16.0 Å². The highest BCUT2D eigenvalue weighted by Gasteiger charge is 2.33. The molecule has 0 bridgehead atoms. The number of ether oxygens (including phenoxy) is 4. The van der Waals surface area contributed by atoms with E-state index in [-0.39, 0.29) is 36.7 Å². The second-order valence-electron chi connectivity index (χ2n) is 10.4. The molecule has 1 aliphatic rings. The summed E-state index contributed by atoms with van der Waals surface area (Å²) in [6.45, 7) is 10.0. The van der Waals surface area contributed by atoms with Gasteiger partial charge in [0.1, 0.15) is 6.61 Å². The summed E-state index contributed by atoms with van der Waals surface area (Å²) >= 11 is 0. The van der Waals surface area contributed by atoms with Gasteiger partial charge in [0.15, 0.2) is 6.29 Å². The van der Waals surface area contributed by atoms with Gasteiger partial charge >= 0.3 is 6.09 Å². The van der Waals surface area contributed by atoms with Crippen molar-refractivity contribution in [2.24, 2.45) is 0 Å². The van der Waals surface area contributed by atoms with Crippen molar-refractivity contribution in [1.82, 2.24) is 16.0 Å². The Morgan fingerprint density at radius 3 is 2.43 bits per heavy atom. The number of aryl methyl sites for hydroxylation is 1. The number of rotatable bonds is 17. The molecule has 2 aromatic rings. The normalized spacial score (nSPS) is 14.2. The van der Waals surface area contributed by atoms with E-state index >= 15 is 0 Å². The summed E-state index contributed by atoms with van der Waals surface area (Å²) in [4.78, 5) is 37.4. The number of carbonyl (C=O) groups excluding carboxylic acids is 3. The maximum atomic E-state index is 13.2. The lowest BCUT2D eigenvalue weighted by Gasteiger charge is -2.15. The Bertz CT molecular complexity index is 1200. The van der Waals surface area contributed by atoms with Gasteiger partial charge in [0.2, 0.25) is 5.91 Å². The minimum atomic E-state index is -0.510. The average Bonchev–Trinajstić information content (AvgIpc) is 3.29. The van der Waals surface area contributed by atoms with Gasteiger partial charge in [-0.15, -0.1) is 0 Å². The molecule has 3 N–H and O–H groups in total. The van der Waals surface area contributed by atoms with E-state index in [1.54, 1.807) is 0 Å². The van der Waals surface area contributed by atoms with Gasteiger partial charge in [-0.3, -0.25) is 9.59 Å². The topological polar surface area (TPSA) is 124 Å². The van der Waals surface area contributed by atoms with Gasteiger partial charge in [0, 0.05) is 44.6 Å². The first-order chi connectivity index (χ1) is 20.2. The van der Waals surface area contributed by atoms with Crippen LogP contribution in [0, 0.1) is 0 Å². The first-order valence-corrected chi connectivity index (χ1v) is 14.7. The average molecular weight is 584 g/mol. The molecule has 2 unspecified atom stereocenters. The van der Waals surface area contributed by atoms with E-state index in [9.17, 15) is 14.4 Å². The molecule has 42 heavy (non-hydrogen) atoms. The predicted molar refractivity (Wildman–Crippen MR) is 161 cm³/mol. The summed E-state index contributed by atoms with van der Waals surface area (Å²) in [5, 5.41) is 8.33.